The van der Waals surface area contributed by atoms with Crippen LogP contribution in [0.4, 0.5) is 0 Å². The van der Waals surface area contributed by atoms with Gasteiger partial charge in [-0.2, -0.15) is 0 Å². The molecule has 110 valence electrons. The molecule has 0 spiro atoms. The van der Waals surface area contributed by atoms with E-state index in [1.54, 1.807) is 6.08 Å². The fraction of sp³-hybridized carbons (Fsp3) is 0.786. The lowest BCUT2D eigenvalue weighted by Crippen LogP contribution is -2.25. The Labute approximate surface area is 117 Å². The topological polar surface area (TPSA) is 38.8 Å². The molecule has 0 aromatic rings. The summed E-state index contributed by atoms with van der Waals surface area (Å²) in [7, 11) is 0.360. The monoisotopic (exact) mass is 285 g/mol. The van der Waals surface area contributed by atoms with Crippen molar-refractivity contribution >= 4 is 14.0 Å². The van der Waals surface area contributed by atoms with Gasteiger partial charge in [0.1, 0.15) is 0 Å². The minimum atomic E-state index is -1.05. The van der Waals surface area contributed by atoms with E-state index in [9.17, 15) is 4.79 Å². The highest BCUT2D eigenvalue weighted by molar-refractivity contribution is 6.76. The Kier molecular flexibility index (Phi) is 6.58. The van der Waals surface area contributed by atoms with Crippen molar-refractivity contribution < 1.29 is 14.3 Å². The summed E-state index contributed by atoms with van der Waals surface area (Å²) in [5.74, 6) is -0.296. The van der Waals surface area contributed by atoms with Crippen molar-refractivity contribution in [2.24, 2.45) is 0 Å². The predicted octanol–water partition coefficient (Wildman–Crippen LogP) is 2.49. The van der Waals surface area contributed by atoms with Gasteiger partial charge in [-0.25, -0.2) is 4.79 Å². The third-order valence-electron chi connectivity index (χ3n) is 3.24. The van der Waals surface area contributed by atoms with Gasteiger partial charge in [0.05, 0.1) is 13.7 Å². The predicted molar refractivity (Wildman–Crippen MR) is 79.9 cm³/mol. The van der Waals surface area contributed by atoms with E-state index in [1.165, 1.54) is 20.0 Å². The molecule has 1 rings (SSSR count). The number of ether oxygens (including phenoxy) is 2. The highest BCUT2D eigenvalue weighted by atomic mass is 28.3. The number of likely N-dealkylation sites (tertiary alicyclic amines) is 1. The third-order valence-corrected chi connectivity index (χ3v) is 4.95. The summed E-state index contributed by atoms with van der Waals surface area (Å²) in [6.07, 6.45) is 3.95. The van der Waals surface area contributed by atoms with Gasteiger partial charge >= 0.3 is 5.97 Å². The summed E-state index contributed by atoms with van der Waals surface area (Å²) >= 11 is 0. The molecule has 0 radical (unpaired) electrons. The molecule has 1 saturated heterocycles. The second-order valence-corrected chi connectivity index (χ2v) is 11.8. The molecule has 1 aliphatic heterocycles. The Morgan fingerprint density at radius 3 is 2.42 bits per heavy atom. The molecule has 0 unspecified atom stereocenters. The van der Waals surface area contributed by atoms with E-state index in [0.717, 1.165) is 31.4 Å². The van der Waals surface area contributed by atoms with Crippen LogP contribution in [0.5, 0.6) is 0 Å². The SMILES string of the molecule is COC(=O)/C=C(\COCC[Si](C)(C)C)N1CCCC1. The van der Waals surface area contributed by atoms with E-state index >= 15 is 0 Å². The smallest absolute Gasteiger partial charge is 0.332 e. The zero-order valence-electron chi connectivity index (χ0n) is 12.7. The van der Waals surface area contributed by atoms with Crippen LogP contribution in [-0.4, -0.2) is 52.4 Å². The van der Waals surface area contributed by atoms with Gasteiger partial charge in [-0.05, 0) is 18.9 Å². The van der Waals surface area contributed by atoms with Crippen LogP contribution < -0.4 is 0 Å². The Morgan fingerprint density at radius 1 is 1.26 bits per heavy atom. The molecule has 0 bridgehead atoms. The molecule has 5 heteroatoms. The lowest BCUT2D eigenvalue weighted by Gasteiger charge is -2.22. The summed E-state index contributed by atoms with van der Waals surface area (Å²) in [6.45, 7) is 10.3. The average Bonchev–Trinajstić information content (AvgIpc) is 2.85. The highest BCUT2D eigenvalue weighted by Crippen LogP contribution is 2.16. The van der Waals surface area contributed by atoms with Crippen LogP contribution in [0, 0.1) is 0 Å². The van der Waals surface area contributed by atoms with E-state index in [0.29, 0.717) is 6.61 Å². The third kappa shape index (κ3) is 6.78. The molecule has 0 amide bonds. The molecule has 1 fully saturated rings. The van der Waals surface area contributed by atoms with Crippen molar-refractivity contribution in [3.8, 4) is 0 Å². The quantitative estimate of drug-likeness (QED) is 0.312. The maximum Gasteiger partial charge on any atom is 0.332 e. The van der Waals surface area contributed by atoms with Crippen molar-refractivity contribution in [3.05, 3.63) is 11.8 Å². The number of carbonyl (C=O) groups is 1. The second kappa shape index (κ2) is 7.70. The Bertz CT molecular complexity index is 317. The molecular weight excluding hydrogens is 258 g/mol. The van der Waals surface area contributed by atoms with Gasteiger partial charge in [0.15, 0.2) is 0 Å². The fourth-order valence-corrected chi connectivity index (χ4v) is 2.74. The number of nitrogens with zero attached hydrogens (tertiary/aromatic N) is 1. The normalized spacial score (nSPS) is 16.8. The summed E-state index contributed by atoms with van der Waals surface area (Å²) in [6, 6.07) is 1.15. The molecule has 0 aliphatic carbocycles. The zero-order chi connectivity index (χ0) is 14.3. The maximum atomic E-state index is 11.4. The van der Waals surface area contributed by atoms with Crippen molar-refractivity contribution in [3.63, 3.8) is 0 Å². The largest absolute Gasteiger partial charge is 0.466 e. The van der Waals surface area contributed by atoms with Gasteiger partial charge in [0, 0.05) is 39.5 Å². The average molecular weight is 285 g/mol. The number of hydrogen-bond acceptors (Lipinski definition) is 4. The van der Waals surface area contributed by atoms with Crippen LogP contribution in [-0.2, 0) is 14.3 Å². The minimum Gasteiger partial charge on any atom is -0.466 e. The molecule has 4 nitrogen and oxygen atoms in total. The van der Waals surface area contributed by atoms with E-state index in [-0.39, 0.29) is 5.97 Å². The lowest BCUT2D eigenvalue weighted by atomic mass is 10.3. The first-order chi connectivity index (χ1) is 8.92. The van der Waals surface area contributed by atoms with Crippen molar-refractivity contribution in [1.82, 2.24) is 4.90 Å². The van der Waals surface area contributed by atoms with E-state index < -0.39 is 8.07 Å². The van der Waals surface area contributed by atoms with Crippen LogP contribution in [0.1, 0.15) is 12.8 Å². The lowest BCUT2D eigenvalue weighted by molar-refractivity contribution is -0.135. The van der Waals surface area contributed by atoms with Crippen LogP contribution in [0.3, 0.4) is 0 Å². The molecule has 1 aliphatic rings. The molecule has 19 heavy (non-hydrogen) atoms. The summed E-state index contributed by atoms with van der Waals surface area (Å²) < 4.78 is 10.5. The first kappa shape index (κ1) is 16.2. The van der Waals surface area contributed by atoms with Crippen molar-refractivity contribution in [2.45, 2.75) is 38.5 Å². The summed E-state index contributed by atoms with van der Waals surface area (Å²) in [4.78, 5) is 13.6. The first-order valence-corrected chi connectivity index (χ1v) is 10.7. The van der Waals surface area contributed by atoms with Gasteiger partial charge < -0.3 is 14.4 Å². The maximum absolute atomic E-state index is 11.4. The van der Waals surface area contributed by atoms with E-state index in [1.807, 2.05) is 0 Å². The number of carbonyl (C=O) groups excluding carboxylic acids is 1. The van der Waals surface area contributed by atoms with Gasteiger partial charge in [-0.1, -0.05) is 19.6 Å². The van der Waals surface area contributed by atoms with Gasteiger partial charge in [0.2, 0.25) is 0 Å². The van der Waals surface area contributed by atoms with Crippen LogP contribution >= 0.6 is 0 Å². The van der Waals surface area contributed by atoms with E-state index in [2.05, 4.69) is 24.5 Å². The van der Waals surface area contributed by atoms with Crippen LogP contribution in [0.25, 0.3) is 0 Å². The molecule has 0 aromatic carbocycles. The standard InChI is InChI=1S/C14H27NO3Si/c1-17-14(16)11-13(15-7-5-6-8-15)12-18-9-10-19(2,3)4/h11H,5-10,12H2,1-4H3/b13-11+. The Balaban J connectivity index is 2.45. The van der Waals surface area contributed by atoms with E-state index in [4.69, 9.17) is 9.47 Å². The minimum absolute atomic E-state index is 0.296. The van der Waals surface area contributed by atoms with Crippen LogP contribution in [0.2, 0.25) is 25.7 Å². The Hall–Kier alpha value is -0.813. The summed E-state index contributed by atoms with van der Waals surface area (Å²) in [5, 5.41) is 0. The number of hydrogen-bond donors (Lipinski definition) is 0. The second-order valence-electron chi connectivity index (χ2n) is 6.22. The molecule has 0 N–H and O–H groups in total. The summed E-state index contributed by atoms with van der Waals surface area (Å²) in [5.41, 5.74) is 0.958. The number of rotatable bonds is 7. The van der Waals surface area contributed by atoms with Crippen molar-refractivity contribution in [1.29, 1.82) is 0 Å². The van der Waals surface area contributed by atoms with Gasteiger partial charge in [0.25, 0.3) is 0 Å². The van der Waals surface area contributed by atoms with Crippen molar-refractivity contribution in [2.75, 3.05) is 33.4 Å². The fourth-order valence-electron chi connectivity index (χ4n) is 1.98. The molecule has 0 aromatic heterocycles. The molecule has 0 atom stereocenters. The Morgan fingerprint density at radius 2 is 1.89 bits per heavy atom. The number of esters is 1. The molecule has 0 saturated carbocycles. The van der Waals surface area contributed by atoms with Gasteiger partial charge in [-0.3, -0.25) is 0 Å². The van der Waals surface area contributed by atoms with Crippen LogP contribution in [0.15, 0.2) is 11.8 Å². The van der Waals surface area contributed by atoms with Gasteiger partial charge in [-0.15, -0.1) is 0 Å². The zero-order valence-corrected chi connectivity index (χ0v) is 13.7. The highest BCUT2D eigenvalue weighted by Gasteiger charge is 2.17. The number of methoxy groups -OCH3 is 1. The first-order valence-electron chi connectivity index (χ1n) is 7.03. The molecular formula is C14H27NO3Si. The molecule has 1 heterocycles.